The van der Waals surface area contributed by atoms with Gasteiger partial charge in [-0.3, -0.25) is 13.9 Å². The van der Waals surface area contributed by atoms with Crippen LogP contribution in [-0.2, 0) is 26.2 Å². The number of nitrogens with zero attached hydrogens (tertiary/aromatic N) is 2. The van der Waals surface area contributed by atoms with Gasteiger partial charge in [-0.1, -0.05) is 61.9 Å². The van der Waals surface area contributed by atoms with E-state index >= 15 is 0 Å². The van der Waals surface area contributed by atoms with Gasteiger partial charge < -0.3 is 19.7 Å². The molecule has 4 aromatic rings. The third-order valence-electron chi connectivity index (χ3n) is 7.20. The fourth-order valence-corrected chi connectivity index (χ4v) is 6.07. The van der Waals surface area contributed by atoms with E-state index in [9.17, 15) is 18.0 Å². The van der Waals surface area contributed by atoms with Crippen molar-refractivity contribution in [2.24, 2.45) is 0 Å². The van der Waals surface area contributed by atoms with Gasteiger partial charge in [0.25, 0.3) is 10.0 Å². The fourth-order valence-electron chi connectivity index (χ4n) is 4.64. The minimum Gasteiger partial charge on any atom is -0.497 e. The number of nitrogens with one attached hydrogen (secondary N) is 1. The lowest BCUT2D eigenvalue weighted by Crippen LogP contribution is -2.51. The summed E-state index contributed by atoms with van der Waals surface area (Å²) in [4.78, 5) is 28.7. The van der Waals surface area contributed by atoms with Crippen molar-refractivity contribution in [2.75, 3.05) is 24.5 Å². The van der Waals surface area contributed by atoms with E-state index in [0.717, 1.165) is 22.7 Å². The molecular formula is C35H39N3O6S. The summed E-state index contributed by atoms with van der Waals surface area (Å²) in [5, 5.41) is 2.89. The quantitative estimate of drug-likeness (QED) is 0.161. The number of unbranched alkanes of at least 4 members (excludes halogenated alkanes) is 1. The minimum absolute atomic E-state index is 0.0344. The summed E-state index contributed by atoms with van der Waals surface area (Å²) in [6.45, 7) is 3.68. The maximum atomic E-state index is 14.1. The van der Waals surface area contributed by atoms with Crippen LogP contribution in [0.3, 0.4) is 0 Å². The number of sulfonamides is 1. The molecule has 4 rings (SSSR count). The van der Waals surface area contributed by atoms with Crippen molar-refractivity contribution in [3.8, 4) is 17.2 Å². The lowest BCUT2D eigenvalue weighted by molar-refractivity contribution is -0.139. The Morgan fingerprint density at radius 3 is 2.09 bits per heavy atom. The molecule has 0 heterocycles. The van der Waals surface area contributed by atoms with E-state index in [1.165, 1.54) is 17.0 Å². The maximum absolute atomic E-state index is 14.1. The molecule has 0 saturated carbocycles. The Labute approximate surface area is 265 Å². The monoisotopic (exact) mass is 629 g/mol. The molecule has 45 heavy (non-hydrogen) atoms. The van der Waals surface area contributed by atoms with Crippen molar-refractivity contribution in [3.05, 3.63) is 115 Å². The van der Waals surface area contributed by atoms with Gasteiger partial charge in [-0.05, 0) is 79.6 Å². The molecule has 1 atom stereocenters. The fraction of sp³-hybridized carbons (Fsp3) is 0.257. The lowest BCUT2D eigenvalue weighted by Gasteiger charge is -2.32. The smallest absolute Gasteiger partial charge is 0.264 e. The number of anilines is 1. The molecule has 1 N–H and O–H groups in total. The van der Waals surface area contributed by atoms with Crippen LogP contribution in [0.2, 0.25) is 0 Å². The first-order valence-electron chi connectivity index (χ1n) is 14.8. The highest BCUT2D eigenvalue weighted by atomic mass is 32.2. The van der Waals surface area contributed by atoms with Crippen LogP contribution in [0.25, 0.3) is 0 Å². The summed E-state index contributed by atoms with van der Waals surface area (Å²) in [5.74, 6) is 0.879. The van der Waals surface area contributed by atoms with E-state index in [-0.39, 0.29) is 23.0 Å². The van der Waals surface area contributed by atoms with Crippen molar-refractivity contribution in [2.45, 2.75) is 44.2 Å². The van der Waals surface area contributed by atoms with Gasteiger partial charge in [0.15, 0.2) is 0 Å². The van der Waals surface area contributed by atoms with Gasteiger partial charge in [0.05, 0.1) is 17.7 Å². The average molecular weight is 630 g/mol. The molecule has 0 saturated heterocycles. The van der Waals surface area contributed by atoms with Gasteiger partial charge >= 0.3 is 0 Å². The molecule has 0 aliphatic carbocycles. The number of rotatable bonds is 15. The van der Waals surface area contributed by atoms with Gasteiger partial charge in [-0.15, -0.1) is 0 Å². The molecule has 9 nitrogen and oxygen atoms in total. The van der Waals surface area contributed by atoms with Crippen molar-refractivity contribution in [1.82, 2.24) is 10.2 Å². The zero-order chi connectivity index (χ0) is 32.2. The Balaban J connectivity index is 1.68. The molecule has 0 bridgehead atoms. The number of carbonyl (C=O) groups is 2. The highest BCUT2D eigenvalue weighted by Crippen LogP contribution is 2.28. The van der Waals surface area contributed by atoms with Gasteiger partial charge in [0.1, 0.15) is 29.8 Å². The van der Waals surface area contributed by atoms with E-state index < -0.39 is 28.5 Å². The predicted molar refractivity (Wildman–Crippen MR) is 175 cm³/mol. The first-order valence-corrected chi connectivity index (χ1v) is 16.3. The predicted octanol–water partition coefficient (Wildman–Crippen LogP) is 6.02. The third-order valence-corrected chi connectivity index (χ3v) is 8.99. The Morgan fingerprint density at radius 2 is 1.44 bits per heavy atom. The molecule has 0 aromatic heterocycles. The van der Waals surface area contributed by atoms with Gasteiger partial charge in [-0.2, -0.15) is 0 Å². The summed E-state index contributed by atoms with van der Waals surface area (Å²) >= 11 is 0. The number of benzene rings is 4. The normalized spacial score (nSPS) is 11.7. The molecule has 0 spiro atoms. The van der Waals surface area contributed by atoms with Crippen LogP contribution in [0.15, 0.2) is 114 Å². The van der Waals surface area contributed by atoms with Crippen LogP contribution in [0.5, 0.6) is 17.2 Å². The zero-order valence-corrected chi connectivity index (χ0v) is 26.6. The van der Waals surface area contributed by atoms with Crippen molar-refractivity contribution in [1.29, 1.82) is 0 Å². The van der Waals surface area contributed by atoms with Crippen LogP contribution in [0.4, 0.5) is 5.69 Å². The Bertz CT molecular complexity index is 1650. The second-order valence-electron chi connectivity index (χ2n) is 10.4. The van der Waals surface area contributed by atoms with Crippen LogP contribution >= 0.6 is 0 Å². The summed E-state index contributed by atoms with van der Waals surface area (Å²) < 4.78 is 40.3. The third kappa shape index (κ3) is 8.86. The number of para-hydroxylation sites is 1. The van der Waals surface area contributed by atoms with E-state index in [1.54, 1.807) is 74.7 Å². The van der Waals surface area contributed by atoms with Crippen LogP contribution < -0.4 is 19.1 Å². The number of methoxy groups -OCH3 is 1. The molecule has 0 aliphatic rings. The van der Waals surface area contributed by atoms with E-state index in [0.29, 0.717) is 23.8 Å². The standard InChI is InChI=1S/C35H39N3O6S/c1-4-5-23-36-35(40)27(2)37(25-28-13-12-16-32(24-28)43-3)34(39)26-38(45(41,42)33-17-10-7-11-18-33)29-19-21-31(22-20-29)44-30-14-8-6-9-15-30/h6-22,24,27H,4-5,23,25-26H2,1-3H3,(H,36,40)/t27-/m0/s1. The molecular weight excluding hydrogens is 590 g/mol. The summed E-state index contributed by atoms with van der Waals surface area (Å²) in [6.07, 6.45) is 1.71. The molecule has 0 unspecified atom stereocenters. The van der Waals surface area contributed by atoms with Gasteiger partial charge in [-0.25, -0.2) is 8.42 Å². The molecule has 0 aliphatic heterocycles. The van der Waals surface area contributed by atoms with E-state index in [2.05, 4.69) is 5.32 Å². The van der Waals surface area contributed by atoms with E-state index in [1.807, 2.05) is 43.3 Å². The largest absolute Gasteiger partial charge is 0.497 e. The average Bonchev–Trinajstić information content (AvgIpc) is 3.07. The number of hydrogen-bond donors (Lipinski definition) is 1. The molecule has 0 fully saturated rings. The molecule has 2 amide bonds. The zero-order valence-electron chi connectivity index (χ0n) is 25.8. The number of hydrogen-bond acceptors (Lipinski definition) is 6. The topological polar surface area (TPSA) is 105 Å². The number of ether oxygens (including phenoxy) is 2. The second-order valence-corrected chi connectivity index (χ2v) is 12.3. The van der Waals surface area contributed by atoms with Crippen LogP contribution in [0, 0.1) is 0 Å². The summed E-state index contributed by atoms with van der Waals surface area (Å²) in [7, 11) is -2.63. The summed E-state index contributed by atoms with van der Waals surface area (Å²) in [5.41, 5.74) is 1.00. The lowest BCUT2D eigenvalue weighted by atomic mass is 10.1. The van der Waals surface area contributed by atoms with Crippen LogP contribution in [0.1, 0.15) is 32.3 Å². The van der Waals surface area contributed by atoms with Crippen molar-refractivity contribution >= 4 is 27.5 Å². The molecule has 0 radical (unpaired) electrons. The highest BCUT2D eigenvalue weighted by Gasteiger charge is 2.32. The first kappa shape index (κ1) is 33.1. The van der Waals surface area contributed by atoms with Gasteiger partial charge in [0, 0.05) is 13.1 Å². The van der Waals surface area contributed by atoms with Gasteiger partial charge in [0.2, 0.25) is 11.8 Å². The van der Waals surface area contributed by atoms with Crippen molar-refractivity contribution in [3.63, 3.8) is 0 Å². The molecule has 236 valence electrons. The summed E-state index contributed by atoms with van der Waals surface area (Å²) in [6, 6.07) is 30.0. The Morgan fingerprint density at radius 1 is 0.822 bits per heavy atom. The molecule has 4 aromatic carbocycles. The maximum Gasteiger partial charge on any atom is 0.264 e. The SMILES string of the molecule is CCCCNC(=O)[C@H](C)N(Cc1cccc(OC)c1)C(=O)CN(c1ccc(Oc2ccccc2)cc1)S(=O)(=O)c1ccccc1. The molecule has 10 heteroatoms. The Hall–Kier alpha value is -4.83. The second kappa shape index (κ2) is 15.8. The first-order chi connectivity index (χ1) is 21.7. The Kier molecular flexibility index (Phi) is 11.6. The van der Waals surface area contributed by atoms with Crippen molar-refractivity contribution < 1.29 is 27.5 Å². The van der Waals surface area contributed by atoms with E-state index in [4.69, 9.17) is 9.47 Å². The highest BCUT2D eigenvalue weighted by molar-refractivity contribution is 7.92. The minimum atomic E-state index is -4.18. The van der Waals surface area contributed by atoms with Crippen LogP contribution in [-0.4, -0.2) is 51.4 Å². The number of amides is 2. The number of carbonyl (C=O) groups excluding carboxylic acids is 2.